The lowest BCUT2D eigenvalue weighted by Crippen LogP contribution is -2.45. The standard InChI is InChI=1S/C18H25N3O2/c1-18(22,14-6-8-16(23-3)9-7-14)17-5-4-10-21(17)12-15-11-19-13-20(15)2/h6-9,11,13,17,22H,4-5,10,12H2,1-3H3/t17-,18-/m0/s1. The molecule has 1 fully saturated rings. The summed E-state index contributed by atoms with van der Waals surface area (Å²) in [6.45, 7) is 3.73. The highest BCUT2D eigenvalue weighted by molar-refractivity contribution is 5.31. The molecule has 0 aliphatic carbocycles. The summed E-state index contributed by atoms with van der Waals surface area (Å²) >= 11 is 0. The van der Waals surface area contributed by atoms with Crippen molar-refractivity contribution in [2.45, 2.75) is 38.0 Å². The zero-order valence-electron chi connectivity index (χ0n) is 14.1. The van der Waals surface area contributed by atoms with Crippen LogP contribution in [0.5, 0.6) is 5.75 Å². The number of rotatable bonds is 5. The first kappa shape index (κ1) is 16.0. The van der Waals surface area contributed by atoms with Crippen molar-refractivity contribution < 1.29 is 9.84 Å². The second-order valence-electron chi connectivity index (χ2n) is 6.50. The van der Waals surface area contributed by atoms with Gasteiger partial charge in [-0.3, -0.25) is 4.90 Å². The second kappa shape index (κ2) is 6.34. The summed E-state index contributed by atoms with van der Waals surface area (Å²) in [6.07, 6.45) is 5.82. The summed E-state index contributed by atoms with van der Waals surface area (Å²) in [5.41, 5.74) is 1.21. The van der Waals surface area contributed by atoms with Crippen LogP contribution in [0.3, 0.4) is 0 Å². The van der Waals surface area contributed by atoms with E-state index in [0.29, 0.717) is 0 Å². The summed E-state index contributed by atoms with van der Waals surface area (Å²) in [5, 5.41) is 11.2. The summed E-state index contributed by atoms with van der Waals surface area (Å²) < 4.78 is 7.25. The minimum absolute atomic E-state index is 0.103. The lowest BCUT2D eigenvalue weighted by atomic mass is 9.86. The molecule has 0 saturated carbocycles. The number of imidazole rings is 1. The molecule has 0 spiro atoms. The molecule has 3 rings (SSSR count). The van der Waals surface area contributed by atoms with Crippen molar-refractivity contribution in [1.29, 1.82) is 0 Å². The van der Waals surface area contributed by atoms with Crippen LogP contribution >= 0.6 is 0 Å². The Labute approximate surface area is 137 Å². The predicted octanol–water partition coefficient (Wildman–Crippen LogP) is 2.30. The highest BCUT2D eigenvalue weighted by Gasteiger charge is 2.40. The smallest absolute Gasteiger partial charge is 0.118 e. The molecule has 23 heavy (non-hydrogen) atoms. The number of hydrogen-bond donors (Lipinski definition) is 1. The van der Waals surface area contributed by atoms with Crippen LogP contribution in [0.1, 0.15) is 31.0 Å². The van der Waals surface area contributed by atoms with E-state index in [1.807, 2.05) is 55.3 Å². The van der Waals surface area contributed by atoms with Gasteiger partial charge in [-0.15, -0.1) is 0 Å². The van der Waals surface area contributed by atoms with Gasteiger partial charge in [-0.2, -0.15) is 0 Å². The monoisotopic (exact) mass is 315 g/mol. The number of likely N-dealkylation sites (tertiary alicyclic amines) is 1. The van der Waals surface area contributed by atoms with Crippen LogP contribution in [-0.2, 0) is 19.2 Å². The Morgan fingerprint density at radius 3 is 2.70 bits per heavy atom. The molecule has 0 radical (unpaired) electrons. The third-order valence-corrected chi connectivity index (χ3v) is 4.97. The molecule has 2 aromatic rings. The Morgan fingerprint density at radius 2 is 2.09 bits per heavy atom. The number of aliphatic hydroxyl groups is 1. The molecule has 2 heterocycles. The lowest BCUT2D eigenvalue weighted by molar-refractivity contribution is -0.0259. The third kappa shape index (κ3) is 3.12. The average molecular weight is 315 g/mol. The van der Waals surface area contributed by atoms with Crippen molar-refractivity contribution in [2.75, 3.05) is 13.7 Å². The van der Waals surface area contributed by atoms with Gasteiger partial charge in [0.2, 0.25) is 0 Å². The molecule has 5 heteroatoms. The maximum atomic E-state index is 11.2. The molecular weight excluding hydrogens is 290 g/mol. The molecule has 1 aliphatic rings. The van der Waals surface area contributed by atoms with E-state index in [9.17, 15) is 5.11 Å². The molecule has 1 N–H and O–H groups in total. The summed E-state index contributed by atoms with van der Waals surface area (Å²) in [5.74, 6) is 0.808. The first-order chi connectivity index (χ1) is 11.0. The molecule has 5 nitrogen and oxygen atoms in total. The fraction of sp³-hybridized carbons (Fsp3) is 0.500. The number of methoxy groups -OCH3 is 1. The Balaban J connectivity index is 1.80. The minimum Gasteiger partial charge on any atom is -0.497 e. The van der Waals surface area contributed by atoms with Crippen LogP contribution in [0.15, 0.2) is 36.8 Å². The summed E-state index contributed by atoms with van der Waals surface area (Å²) in [4.78, 5) is 6.55. The van der Waals surface area contributed by atoms with E-state index >= 15 is 0 Å². The van der Waals surface area contributed by atoms with Crippen molar-refractivity contribution >= 4 is 0 Å². The van der Waals surface area contributed by atoms with Gasteiger partial charge >= 0.3 is 0 Å². The zero-order chi connectivity index (χ0) is 16.4. The molecule has 0 bridgehead atoms. The SMILES string of the molecule is COc1ccc([C@](C)(O)[C@@H]2CCCN2Cc2cncn2C)cc1. The van der Waals surface area contributed by atoms with Gasteiger partial charge in [-0.25, -0.2) is 4.98 Å². The Hall–Kier alpha value is -1.85. The van der Waals surface area contributed by atoms with E-state index in [2.05, 4.69) is 9.88 Å². The summed E-state index contributed by atoms with van der Waals surface area (Å²) in [6, 6.07) is 7.83. The molecule has 1 saturated heterocycles. The predicted molar refractivity (Wildman–Crippen MR) is 89.2 cm³/mol. The van der Waals surface area contributed by atoms with Crippen molar-refractivity contribution in [3.63, 3.8) is 0 Å². The first-order valence-corrected chi connectivity index (χ1v) is 8.08. The van der Waals surface area contributed by atoms with Crippen molar-refractivity contribution in [3.05, 3.63) is 48.0 Å². The topological polar surface area (TPSA) is 50.5 Å². The maximum absolute atomic E-state index is 11.2. The average Bonchev–Trinajstić information content (AvgIpc) is 3.18. The molecular formula is C18H25N3O2. The van der Waals surface area contributed by atoms with Crippen LogP contribution < -0.4 is 4.74 Å². The number of hydrogen-bond acceptors (Lipinski definition) is 4. The van der Waals surface area contributed by atoms with Gasteiger partial charge in [0.25, 0.3) is 0 Å². The third-order valence-electron chi connectivity index (χ3n) is 4.97. The van der Waals surface area contributed by atoms with E-state index in [1.54, 1.807) is 7.11 Å². The van der Waals surface area contributed by atoms with Crippen LogP contribution in [0, 0.1) is 0 Å². The van der Waals surface area contributed by atoms with Gasteiger partial charge < -0.3 is 14.4 Å². The van der Waals surface area contributed by atoms with Gasteiger partial charge in [-0.05, 0) is 44.0 Å². The molecule has 0 unspecified atom stereocenters. The normalized spacial score (nSPS) is 21.3. The number of ether oxygens (including phenoxy) is 1. The van der Waals surface area contributed by atoms with E-state index in [0.717, 1.165) is 37.2 Å². The van der Waals surface area contributed by atoms with E-state index < -0.39 is 5.60 Å². The molecule has 2 atom stereocenters. The van der Waals surface area contributed by atoms with E-state index in [-0.39, 0.29) is 6.04 Å². The number of aryl methyl sites for hydroxylation is 1. The second-order valence-corrected chi connectivity index (χ2v) is 6.50. The number of benzene rings is 1. The Bertz CT molecular complexity index is 649. The van der Waals surface area contributed by atoms with E-state index in [4.69, 9.17) is 4.74 Å². The lowest BCUT2D eigenvalue weighted by Gasteiger charge is -2.37. The largest absolute Gasteiger partial charge is 0.497 e. The van der Waals surface area contributed by atoms with Crippen LogP contribution in [-0.4, -0.2) is 39.3 Å². The van der Waals surface area contributed by atoms with Crippen molar-refractivity contribution in [2.24, 2.45) is 7.05 Å². The van der Waals surface area contributed by atoms with Crippen LogP contribution in [0.25, 0.3) is 0 Å². The molecule has 0 amide bonds. The van der Waals surface area contributed by atoms with Crippen molar-refractivity contribution in [3.8, 4) is 5.75 Å². The molecule has 1 aliphatic heterocycles. The van der Waals surface area contributed by atoms with Gasteiger partial charge in [-0.1, -0.05) is 12.1 Å². The minimum atomic E-state index is -0.888. The highest BCUT2D eigenvalue weighted by atomic mass is 16.5. The fourth-order valence-electron chi connectivity index (χ4n) is 3.52. The van der Waals surface area contributed by atoms with E-state index in [1.165, 1.54) is 5.69 Å². The highest BCUT2D eigenvalue weighted by Crippen LogP contribution is 2.36. The number of aromatic nitrogens is 2. The number of nitrogens with zero attached hydrogens (tertiary/aromatic N) is 3. The van der Waals surface area contributed by atoms with Gasteiger partial charge in [0.15, 0.2) is 0 Å². The van der Waals surface area contributed by atoms with Gasteiger partial charge in [0, 0.05) is 25.8 Å². The van der Waals surface area contributed by atoms with Gasteiger partial charge in [0.05, 0.1) is 19.1 Å². The zero-order valence-corrected chi connectivity index (χ0v) is 14.1. The van der Waals surface area contributed by atoms with Crippen LogP contribution in [0.4, 0.5) is 0 Å². The molecule has 1 aromatic heterocycles. The van der Waals surface area contributed by atoms with Gasteiger partial charge in [0.1, 0.15) is 11.4 Å². The summed E-state index contributed by atoms with van der Waals surface area (Å²) in [7, 11) is 3.66. The van der Waals surface area contributed by atoms with Crippen LogP contribution in [0.2, 0.25) is 0 Å². The molecule has 124 valence electrons. The fourth-order valence-corrected chi connectivity index (χ4v) is 3.52. The maximum Gasteiger partial charge on any atom is 0.118 e. The Kier molecular flexibility index (Phi) is 4.41. The quantitative estimate of drug-likeness (QED) is 0.920. The van der Waals surface area contributed by atoms with Crippen molar-refractivity contribution in [1.82, 2.24) is 14.5 Å². The first-order valence-electron chi connectivity index (χ1n) is 8.08. The molecule has 1 aromatic carbocycles. The Morgan fingerprint density at radius 1 is 1.35 bits per heavy atom.